The summed E-state index contributed by atoms with van der Waals surface area (Å²) in [5, 5.41) is 5.33. The number of carbonyl (C=O) groups is 3. The minimum Gasteiger partial charge on any atom is -0.491 e. The zero-order valence-corrected chi connectivity index (χ0v) is 14.9. The molecule has 1 aliphatic heterocycles. The summed E-state index contributed by atoms with van der Waals surface area (Å²) in [5.41, 5.74) is 0.520. The molecule has 1 fully saturated rings. The number of rotatable bonds is 8. The van der Waals surface area contributed by atoms with Gasteiger partial charge in [0, 0.05) is 0 Å². The fraction of sp³-hybridized carbons (Fsp3) is 0.500. The standard InChI is InChI=1S/C18H25N3O4/c1-4-9-25-15-8-6-5-7-13(15)19-16(22)11-21-17(23)14(10-12(2)3)20-18(21)24/h5-8,12,14H,4,9-11H2,1-3H3,(H,19,22)(H,20,24). The van der Waals surface area contributed by atoms with Crippen molar-refractivity contribution < 1.29 is 19.1 Å². The Kier molecular flexibility index (Phi) is 6.38. The number of benzene rings is 1. The summed E-state index contributed by atoms with van der Waals surface area (Å²) in [5.74, 6) is 0.0313. The maximum Gasteiger partial charge on any atom is 0.325 e. The van der Waals surface area contributed by atoms with Crippen molar-refractivity contribution in [3.8, 4) is 5.75 Å². The molecule has 136 valence electrons. The first-order valence-corrected chi connectivity index (χ1v) is 8.56. The van der Waals surface area contributed by atoms with Crippen LogP contribution < -0.4 is 15.4 Å². The number of hydrogen-bond acceptors (Lipinski definition) is 4. The van der Waals surface area contributed by atoms with E-state index in [1.54, 1.807) is 18.2 Å². The summed E-state index contributed by atoms with van der Waals surface area (Å²) in [7, 11) is 0. The molecule has 1 heterocycles. The van der Waals surface area contributed by atoms with Gasteiger partial charge in [-0.25, -0.2) is 4.79 Å². The first-order chi connectivity index (χ1) is 11.9. The highest BCUT2D eigenvalue weighted by Gasteiger charge is 2.39. The van der Waals surface area contributed by atoms with Gasteiger partial charge in [0.05, 0.1) is 12.3 Å². The van der Waals surface area contributed by atoms with Gasteiger partial charge in [-0.3, -0.25) is 14.5 Å². The highest BCUT2D eigenvalue weighted by atomic mass is 16.5. The van der Waals surface area contributed by atoms with Gasteiger partial charge in [-0.15, -0.1) is 0 Å². The molecule has 0 saturated carbocycles. The van der Waals surface area contributed by atoms with E-state index in [1.807, 2.05) is 26.8 Å². The van der Waals surface area contributed by atoms with Crippen LogP contribution in [0.3, 0.4) is 0 Å². The molecule has 1 aliphatic rings. The first-order valence-electron chi connectivity index (χ1n) is 8.56. The van der Waals surface area contributed by atoms with E-state index >= 15 is 0 Å². The van der Waals surface area contributed by atoms with E-state index in [9.17, 15) is 14.4 Å². The van der Waals surface area contributed by atoms with Crippen LogP contribution in [0, 0.1) is 5.92 Å². The van der Waals surface area contributed by atoms with Crippen LogP contribution in [0.2, 0.25) is 0 Å². The second kappa shape index (κ2) is 8.50. The number of nitrogens with zero attached hydrogens (tertiary/aromatic N) is 1. The molecular formula is C18H25N3O4. The van der Waals surface area contributed by atoms with Crippen LogP contribution in [0.1, 0.15) is 33.6 Å². The molecule has 0 radical (unpaired) electrons. The number of nitrogens with one attached hydrogen (secondary N) is 2. The van der Waals surface area contributed by atoms with E-state index < -0.39 is 18.0 Å². The van der Waals surface area contributed by atoms with E-state index in [0.717, 1.165) is 11.3 Å². The molecule has 1 unspecified atom stereocenters. The quantitative estimate of drug-likeness (QED) is 0.707. The number of para-hydroxylation sites is 2. The number of urea groups is 1. The lowest BCUT2D eigenvalue weighted by Crippen LogP contribution is -2.38. The summed E-state index contributed by atoms with van der Waals surface area (Å²) in [6.45, 7) is 6.16. The van der Waals surface area contributed by atoms with Gasteiger partial charge in [-0.1, -0.05) is 32.9 Å². The molecule has 1 aromatic carbocycles. The number of amides is 4. The van der Waals surface area contributed by atoms with Crippen molar-refractivity contribution in [3.05, 3.63) is 24.3 Å². The minimum atomic E-state index is -0.555. The van der Waals surface area contributed by atoms with Crippen molar-refractivity contribution >= 4 is 23.5 Å². The van der Waals surface area contributed by atoms with Crippen molar-refractivity contribution in [1.29, 1.82) is 0 Å². The zero-order chi connectivity index (χ0) is 18.4. The van der Waals surface area contributed by atoms with Crippen LogP contribution in [0.4, 0.5) is 10.5 Å². The van der Waals surface area contributed by atoms with E-state index in [0.29, 0.717) is 24.5 Å². The fourth-order valence-electron chi connectivity index (χ4n) is 2.60. The van der Waals surface area contributed by atoms with Gasteiger partial charge in [0.25, 0.3) is 5.91 Å². The molecule has 2 rings (SSSR count). The Hall–Kier alpha value is -2.57. The lowest BCUT2D eigenvalue weighted by Gasteiger charge is -2.15. The summed E-state index contributed by atoms with van der Waals surface area (Å²) >= 11 is 0. The van der Waals surface area contributed by atoms with Crippen molar-refractivity contribution in [2.24, 2.45) is 5.92 Å². The van der Waals surface area contributed by atoms with Crippen molar-refractivity contribution in [2.45, 2.75) is 39.7 Å². The molecular weight excluding hydrogens is 322 g/mol. The van der Waals surface area contributed by atoms with Crippen LogP contribution in [0.15, 0.2) is 24.3 Å². The average Bonchev–Trinajstić information content (AvgIpc) is 2.81. The Morgan fingerprint density at radius 1 is 1.32 bits per heavy atom. The van der Waals surface area contributed by atoms with Gasteiger partial charge in [0.2, 0.25) is 5.91 Å². The molecule has 25 heavy (non-hydrogen) atoms. The van der Waals surface area contributed by atoms with Crippen LogP contribution in [0.25, 0.3) is 0 Å². The summed E-state index contributed by atoms with van der Waals surface area (Å²) in [4.78, 5) is 37.5. The average molecular weight is 347 g/mol. The topological polar surface area (TPSA) is 87.7 Å². The minimum absolute atomic E-state index is 0.269. The predicted molar refractivity (Wildman–Crippen MR) is 94.3 cm³/mol. The molecule has 0 aliphatic carbocycles. The summed E-state index contributed by atoms with van der Waals surface area (Å²) in [6, 6.07) is 5.99. The molecule has 0 aromatic heterocycles. The third-order valence-electron chi connectivity index (χ3n) is 3.74. The first kappa shape index (κ1) is 18.8. The highest BCUT2D eigenvalue weighted by Crippen LogP contribution is 2.24. The number of hydrogen-bond donors (Lipinski definition) is 2. The molecule has 0 bridgehead atoms. The maximum absolute atomic E-state index is 12.3. The van der Waals surface area contributed by atoms with Crippen molar-refractivity contribution in [1.82, 2.24) is 10.2 Å². The largest absolute Gasteiger partial charge is 0.491 e. The molecule has 1 atom stereocenters. The Balaban J connectivity index is 1.99. The normalized spacial score (nSPS) is 17.0. The van der Waals surface area contributed by atoms with E-state index in [-0.39, 0.29) is 18.4 Å². The van der Waals surface area contributed by atoms with Crippen molar-refractivity contribution in [2.75, 3.05) is 18.5 Å². The van der Waals surface area contributed by atoms with E-state index in [2.05, 4.69) is 10.6 Å². The Bertz CT molecular complexity index is 645. The SMILES string of the molecule is CCCOc1ccccc1NC(=O)CN1C(=O)NC(CC(C)C)C1=O. The molecule has 7 heteroatoms. The summed E-state index contributed by atoms with van der Waals surface area (Å²) in [6.07, 6.45) is 1.40. The molecule has 2 N–H and O–H groups in total. The van der Waals surface area contributed by atoms with Crippen LogP contribution in [-0.2, 0) is 9.59 Å². The predicted octanol–water partition coefficient (Wildman–Crippen LogP) is 2.38. The number of carbonyl (C=O) groups excluding carboxylic acids is 3. The van der Waals surface area contributed by atoms with Gasteiger partial charge < -0.3 is 15.4 Å². The number of imide groups is 1. The lowest BCUT2D eigenvalue weighted by molar-refractivity contribution is -0.131. The van der Waals surface area contributed by atoms with Gasteiger partial charge in [0.1, 0.15) is 18.3 Å². The monoisotopic (exact) mass is 347 g/mol. The van der Waals surface area contributed by atoms with Crippen LogP contribution in [0.5, 0.6) is 5.75 Å². The number of ether oxygens (including phenoxy) is 1. The van der Waals surface area contributed by atoms with Crippen LogP contribution >= 0.6 is 0 Å². The van der Waals surface area contributed by atoms with E-state index in [1.165, 1.54) is 0 Å². The molecule has 1 saturated heterocycles. The third-order valence-corrected chi connectivity index (χ3v) is 3.74. The molecule has 7 nitrogen and oxygen atoms in total. The Labute approximate surface area is 147 Å². The Morgan fingerprint density at radius 3 is 2.72 bits per heavy atom. The zero-order valence-electron chi connectivity index (χ0n) is 14.9. The van der Waals surface area contributed by atoms with Gasteiger partial charge >= 0.3 is 6.03 Å². The second-order valence-corrected chi connectivity index (χ2v) is 6.45. The fourth-order valence-corrected chi connectivity index (χ4v) is 2.60. The number of anilines is 1. The maximum atomic E-state index is 12.3. The highest BCUT2D eigenvalue weighted by molar-refractivity contribution is 6.08. The molecule has 0 spiro atoms. The third kappa shape index (κ3) is 4.95. The van der Waals surface area contributed by atoms with Crippen LogP contribution in [-0.4, -0.2) is 41.9 Å². The molecule has 1 aromatic rings. The van der Waals surface area contributed by atoms with Crippen molar-refractivity contribution in [3.63, 3.8) is 0 Å². The lowest BCUT2D eigenvalue weighted by atomic mass is 10.0. The van der Waals surface area contributed by atoms with Gasteiger partial charge in [-0.05, 0) is 30.9 Å². The van der Waals surface area contributed by atoms with Gasteiger partial charge in [0.15, 0.2) is 0 Å². The Morgan fingerprint density at radius 2 is 2.04 bits per heavy atom. The summed E-state index contributed by atoms with van der Waals surface area (Å²) < 4.78 is 5.59. The van der Waals surface area contributed by atoms with Gasteiger partial charge in [-0.2, -0.15) is 0 Å². The molecule has 4 amide bonds. The smallest absolute Gasteiger partial charge is 0.325 e. The van der Waals surface area contributed by atoms with E-state index in [4.69, 9.17) is 4.74 Å². The second-order valence-electron chi connectivity index (χ2n) is 6.45.